The lowest BCUT2D eigenvalue weighted by Gasteiger charge is -2.09. The maximum absolute atomic E-state index is 5.82. The van der Waals surface area contributed by atoms with Crippen molar-refractivity contribution < 1.29 is 14.2 Å². The smallest absolute Gasteiger partial charge is 0.231 e. The summed E-state index contributed by atoms with van der Waals surface area (Å²) >= 11 is 1.80. The lowest BCUT2D eigenvalue weighted by molar-refractivity contribution is 0.173. The van der Waals surface area contributed by atoms with Crippen LogP contribution in [0.1, 0.15) is 49.9 Å². The number of aromatic nitrogens is 3. The lowest BCUT2D eigenvalue weighted by atomic mass is 10.3. The van der Waals surface area contributed by atoms with Crippen molar-refractivity contribution in [1.29, 1.82) is 0 Å². The number of ether oxygens (including phenoxy) is 3. The first-order valence-corrected chi connectivity index (χ1v) is 9.97. The van der Waals surface area contributed by atoms with Gasteiger partial charge >= 0.3 is 0 Å². The van der Waals surface area contributed by atoms with Gasteiger partial charge in [-0.2, -0.15) is 0 Å². The molecule has 2 fully saturated rings. The topological polar surface area (TPSA) is 58.4 Å². The molecule has 0 amide bonds. The summed E-state index contributed by atoms with van der Waals surface area (Å²) in [5.74, 6) is 5.25. The molecule has 1 aromatic heterocycles. The minimum absolute atomic E-state index is 0.292. The van der Waals surface area contributed by atoms with Crippen LogP contribution < -0.4 is 14.2 Å². The summed E-state index contributed by atoms with van der Waals surface area (Å²) < 4.78 is 18.9. The average Bonchev–Trinajstić information content (AvgIpc) is 3.56. The summed E-state index contributed by atoms with van der Waals surface area (Å²) in [6, 6.07) is 6.36. The van der Waals surface area contributed by atoms with Crippen LogP contribution in [0, 0.1) is 0 Å². The molecule has 1 aliphatic heterocycles. The minimum Gasteiger partial charge on any atom is -0.493 e. The summed E-state index contributed by atoms with van der Waals surface area (Å²) in [4.78, 5) is 0. The van der Waals surface area contributed by atoms with E-state index in [1.807, 2.05) is 18.2 Å². The predicted octanol–water partition coefficient (Wildman–Crippen LogP) is 3.78. The van der Waals surface area contributed by atoms with Crippen LogP contribution in [0.5, 0.6) is 17.2 Å². The number of nitrogens with zero attached hydrogens (tertiary/aromatic N) is 3. The van der Waals surface area contributed by atoms with Crippen LogP contribution in [0.2, 0.25) is 0 Å². The van der Waals surface area contributed by atoms with Crippen molar-refractivity contribution in [3.8, 4) is 17.2 Å². The average molecular weight is 359 g/mol. The Labute approximate surface area is 150 Å². The van der Waals surface area contributed by atoms with Crippen molar-refractivity contribution in [2.75, 3.05) is 19.2 Å². The van der Waals surface area contributed by atoms with Gasteiger partial charge in [0.15, 0.2) is 16.7 Å². The SMILES string of the molecule is c1cc2c(cc1OCCCSc1nnc(C3CC3)n1C1CC1)OCO2. The zero-order chi connectivity index (χ0) is 16.6. The van der Waals surface area contributed by atoms with E-state index in [0.29, 0.717) is 25.4 Å². The van der Waals surface area contributed by atoms with Crippen molar-refractivity contribution >= 4 is 11.8 Å². The maximum atomic E-state index is 5.82. The van der Waals surface area contributed by atoms with E-state index in [0.717, 1.165) is 34.6 Å². The van der Waals surface area contributed by atoms with Crippen LogP contribution >= 0.6 is 11.8 Å². The van der Waals surface area contributed by atoms with Gasteiger partial charge in [-0.05, 0) is 44.2 Å². The molecule has 2 heterocycles. The Balaban J connectivity index is 1.12. The molecular weight excluding hydrogens is 338 g/mol. The van der Waals surface area contributed by atoms with Gasteiger partial charge in [0, 0.05) is 23.8 Å². The molecule has 7 heteroatoms. The maximum Gasteiger partial charge on any atom is 0.231 e. The predicted molar refractivity (Wildman–Crippen MR) is 93.7 cm³/mol. The molecule has 0 saturated heterocycles. The number of hydrogen-bond acceptors (Lipinski definition) is 6. The molecule has 2 aromatic rings. The van der Waals surface area contributed by atoms with Crippen molar-refractivity contribution in [2.24, 2.45) is 0 Å². The number of hydrogen-bond donors (Lipinski definition) is 0. The lowest BCUT2D eigenvalue weighted by Crippen LogP contribution is -2.03. The van der Waals surface area contributed by atoms with Crippen LogP contribution in [0.3, 0.4) is 0 Å². The molecule has 2 saturated carbocycles. The van der Waals surface area contributed by atoms with E-state index in [1.54, 1.807) is 11.8 Å². The first-order valence-electron chi connectivity index (χ1n) is 8.98. The Morgan fingerprint density at radius 1 is 1.12 bits per heavy atom. The zero-order valence-electron chi connectivity index (χ0n) is 14.0. The molecule has 2 aliphatic carbocycles. The third kappa shape index (κ3) is 3.29. The number of benzene rings is 1. The molecule has 3 aliphatic rings. The summed E-state index contributed by atoms with van der Waals surface area (Å²) in [5, 5.41) is 9.98. The van der Waals surface area contributed by atoms with E-state index in [-0.39, 0.29) is 0 Å². The van der Waals surface area contributed by atoms with Crippen LogP contribution in [0.4, 0.5) is 0 Å². The van der Waals surface area contributed by atoms with E-state index in [2.05, 4.69) is 14.8 Å². The van der Waals surface area contributed by atoms with Gasteiger partial charge in [-0.3, -0.25) is 0 Å². The second kappa shape index (κ2) is 6.44. The molecule has 1 aromatic carbocycles. The summed E-state index contributed by atoms with van der Waals surface area (Å²) in [6.45, 7) is 0.972. The molecule has 0 bridgehead atoms. The van der Waals surface area contributed by atoms with Gasteiger partial charge in [0.1, 0.15) is 11.6 Å². The van der Waals surface area contributed by atoms with E-state index >= 15 is 0 Å². The molecule has 0 unspecified atom stereocenters. The highest BCUT2D eigenvalue weighted by atomic mass is 32.2. The molecule has 0 atom stereocenters. The number of fused-ring (bicyclic) bond motifs is 1. The second-order valence-corrected chi connectivity index (χ2v) is 7.84. The van der Waals surface area contributed by atoms with Crippen molar-refractivity contribution in [3.05, 3.63) is 24.0 Å². The van der Waals surface area contributed by atoms with E-state index in [4.69, 9.17) is 14.2 Å². The first kappa shape index (κ1) is 15.4. The molecular formula is C18H21N3O3S. The molecule has 132 valence electrons. The van der Waals surface area contributed by atoms with E-state index in [9.17, 15) is 0 Å². The largest absolute Gasteiger partial charge is 0.493 e. The normalized spacial score (nSPS) is 18.6. The fourth-order valence-corrected chi connectivity index (χ4v) is 3.99. The molecule has 0 radical (unpaired) electrons. The molecule has 0 N–H and O–H groups in total. The van der Waals surface area contributed by atoms with E-state index in [1.165, 1.54) is 31.5 Å². The first-order chi connectivity index (χ1) is 12.4. The zero-order valence-corrected chi connectivity index (χ0v) is 14.8. The Bertz CT molecular complexity index is 771. The van der Waals surface area contributed by atoms with Crippen molar-refractivity contribution in [3.63, 3.8) is 0 Å². The van der Waals surface area contributed by atoms with Crippen molar-refractivity contribution in [1.82, 2.24) is 14.8 Å². The molecule has 25 heavy (non-hydrogen) atoms. The van der Waals surface area contributed by atoms with Gasteiger partial charge in [0.25, 0.3) is 0 Å². The number of thioether (sulfide) groups is 1. The van der Waals surface area contributed by atoms with Crippen LogP contribution in [-0.4, -0.2) is 33.9 Å². The van der Waals surface area contributed by atoms with E-state index < -0.39 is 0 Å². The fourth-order valence-electron chi connectivity index (χ4n) is 3.06. The Morgan fingerprint density at radius 2 is 2.00 bits per heavy atom. The summed E-state index contributed by atoms with van der Waals surface area (Å²) in [7, 11) is 0. The van der Waals surface area contributed by atoms with Gasteiger partial charge in [0.05, 0.1) is 6.61 Å². The highest BCUT2D eigenvalue weighted by Crippen LogP contribution is 2.46. The fraction of sp³-hybridized carbons (Fsp3) is 0.556. The third-order valence-electron chi connectivity index (χ3n) is 4.68. The molecule has 6 nitrogen and oxygen atoms in total. The Hall–Kier alpha value is -1.89. The van der Waals surface area contributed by atoms with Crippen LogP contribution in [0.15, 0.2) is 23.4 Å². The standard InChI is InChI=1S/C18H21N3O3S/c1(8-22-14-6-7-15-16(10-14)24-11-23-15)9-25-18-20-19-17(12-2-3-12)21(18)13-4-5-13/h6-7,10,12-13H,1-5,8-9,11H2. The summed E-state index contributed by atoms with van der Waals surface area (Å²) in [5.41, 5.74) is 0. The minimum atomic E-state index is 0.292. The monoisotopic (exact) mass is 359 g/mol. The second-order valence-electron chi connectivity index (χ2n) is 6.78. The van der Waals surface area contributed by atoms with Crippen LogP contribution in [0.25, 0.3) is 0 Å². The quantitative estimate of drug-likeness (QED) is 0.528. The van der Waals surface area contributed by atoms with Gasteiger partial charge < -0.3 is 18.8 Å². The highest BCUT2D eigenvalue weighted by Gasteiger charge is 2.36. The molecule has 5 rings (SSSR count). The van der Waals surface area contributed by atoms with Crippen molar-refractivity contribution in [2.45, 2.75) is 49.2 Å². The van der Waals surface area contributed by atoms with Gasteiger partial charge in [-0.15, -0.1) is 10.2 Å². The van der Waals surface area contributed by atoms with Crippen LogP contribution in [-0.2, 0) is 0 Å². The Kier molecular flexibility index (Phi) is 3.96. The highest BCUT2D eigenvalue weighted by molar-refractivity contribution is 7.99. The number of rotatable bonds is 8. The van der Waals surface area contributed by atoms with Gasteiger partial charge in [-0.1, -0.05) is 11.8 Å². The Morgan fingerprint density at radius 3 is 2.84 bits per heavy atom. The summed E-state index contributed by atoms with van der Waals surface area (Å²) in [6.07, 6.45) is 6.07. The van der Waals surface area contributed by atoms with Gasteiger partial charge in [-0.25, -0.2) is 0 Å². The third-order valence-corrected chi connectivity index (χ3v) is 5.71. The molecule has 0 spiro atoms. The van der Waals surface area contributed by atoms with Gasteiger partial charge in [0.2, 0.25) is 6.79 Å².